The second-order valence-corrected chi connectivity index (χ2v) is 9.33. The molecule has 3 atom stereocenters. The van der Waals surface area contributed by atoms with Gasteiger partial charge in [0, 0.05) is 30.0 Å². The molecule has 1 aliphatic rings. The average molecular weight is 448 g/mol. The predicted molar refractivity (Wildman–Crippen MR) is 141 cm³/mol. The summed E-state index contributed by atoms with van der Waals surface area (Å²) in [5.74, 6) is 0.239. The number of carbonyl (C=O) groups is 1. The number of nitrogens with one attached hydrogen (secondary N) is 1. The summed E-state index contributed by atoms with van der Waals surface area (Å²) in [4.78, 5) is 13.3. The third-order valence-corrected chi connectivity index (χ3v) is 6.80. The van der Waals surface area contributed by atoms with Crippen molar-refractivity contribution < 1.29 is 4.79 Å². The number of hydrogen-bond donors (Lipinski definition) is 1. The Bertz CT molecular complexity index is 1150. The molecule has 3 unspecified atom stereocenters. The van der Waals surface area contributed by atoms with Gasteiger partial charge in [-0.05, 0) is 59.7 Å². The second kappa shape index (κ2) is 11.1. The van der Waals surface area contributed by atoms with Crippen LogP contribution in [0.3, 0.4) is 0 Å². The van der Waals surface area contributed by atoms with Crippen molar-refractivity contribution in [1.82, 2.24) is 5.32 Å². The molecule has 0 aliphatic carbocycles. The zero-order valence-corrected chi connectivity index (χ0v) is 20.3. The van der Waals surface area contributed by atoms with Gasteiger partial charge in [0.1, 0.15) is 5.78 Å². The molecule has 0 fully saturated rings. The maximum atomic E-state index is 13.3. The van der Waals surface area contributed by atoms with Crippen LogP contribution >= 0.6 is 0 Å². The SMILES string of the molecule is CC1=C(c2ccccc2)C(c2ccccc2)=CCNC1CC(C)C(=O)C(C)Cc1c#cccc1. The fourth-order valence-electron chi connectivity index (χ4n) is 4.97. The van der Waals surface area contributed by atoms with Crippen molar-refractivity contribution in [3.8, 4) is 0 Å². The van der Waals surface area contributed by atoms with E-state index in [-0.39, 0.29) is 17.9 Å². The quantitative estimate of drug-likeness (QED) is 0.422. The lowest BCUT2D eigenvalue weighted by Gasteiger charge is -2.25. The van der Waals surface area contributed by atoms with Crippen molar-refractivity contribution in [3.63, 3.8) is 0 Å². The maximum absolute atomic E-state index is 13.3. The first-order chi connectivity index (χ1) is 16.5. The normalized spacial score (nSPS) is 17.9. The summed E-state index contributed by atoms with van der Waals surface area (Å²) in [7, 11) is 0. The molecular formula is C32H33NO. The van der Waals surface area contributed by atoms with Crippen molar-refractivity contribution >= 4 is 16.9 Å². The van der Waals surface area contributed by atoms with E-state index in [4.69, 9.17) is 0 Å². The van der Waals surface area contributed by atoms with Gasteiger partial charge in [-0.1, -0.05) is 98.8 Å². The number of ketones is 1. The Labute approximate surface area is 204 Å². The van der Waals surface area contributed by atoms with E-state index in [9.17, 15) is 4.79 Å². The molecule has 1 heterocycles. The molecule has 0 saturated carbocycles. The van der Waals surface area contributed by atoms with Crippen molar-refractivity contribution in [1.29, 1.82) is 0 Å². The third-order valence-electron chi connectivity index (χ3n) is 6.80. The van der Waals surface area contributed by atoms with Crippen LogP contribution in [-0.2, 0) is 11.2 Å². The van der Waals surface area contributed by atoms with Crippen LogP contribution in [-0.4, -0.2) is 18.4 Å². The molecule has 2 heteroatoms. The molecule has 0 amide bonds. The van der Waals surface area contributed by atoms with Crippen molar-refractivity contribution in [2.24, 2.45) is 11.8 Å². The summed E-state index contributed by atoms with van der Waals surface area (Å²) < 4.78 is 0. The van der Waals surface area contributed by atoms with Gasteiger partial charge >= 0.3 is 0 Å². The van der Waals surface area contributed by atoms with Gasteiger partial charge in [0.15, 0.2) is 0 Å². The Morgan fingerprint density at radius 2 is 1.62 bits per heavy atom. The fraction of sp³-hybridized carbons (Fsp3) is 0.281. The van der Waals surface area contributed by atoms with Crippen LogP contribution in [0.15, 0.2) is 90.5 Å². The number of Topliss-reactive ketones (excluding diaryl/α,β-unsaturated/α-hetero) is 1. The van der Waals surface area contributed by atoms with E-state index < -0.39 is 0 Å². The molecule has 0 aromatic heterocycles. The van der Waals surface area contributed by atoms with Crippen LogP contribution in [0.1, 0.15) is 43.9 Å². The van der Waals surface area contributed by atoms with Gasteiger partial charge in [-0.15, -0.1) is 0 Å². The van der Waals surface area contributed by atoms with Gasteiger partial charge in [-0.2, -0.15) is 0 Å². The topological polar surface area (TPSA) is 29.1 Å². The molecule has 0 bridgehead atoms. The Kier molecular flexibility index (Phi) is 7.78. The number of allylic oxidation sites excluding steroid dienone is 2. The molecule has 0 radical (unpaired) electrons. The predicted octanol–water partition coefficient (Wildman–Crippen LogP) is 6.59. The molecule has 3 aromatic carbocycles. The van der Waals surface area contributed by atoms with Gasteiger partial charge in [-0.3, -0.25) is 4.79 Å². The highest BCUT2D eigenvalue weighted by molar-refractivity contribution is 6.06. The Morgan fingerprint density at radius 3 is 2.26 bits per heavy atom. The lowest BCUT2D eigenvalue weighted by Crippen LogP contribution is -2.34. The van der Waals surface area contributed by atoms with E-state index in [2.05, 4.69) is 98.0 Å². The lowest BCUT2D eigenvalue weighted by molar-refractivity contribution is -0.126. The average Bonchev–Trinajstić information content (AvgIpc) is 3.04. The minimum Gasteiger partial charge on any atom is -0.307 e. The zero-order chi connectivity index (χ0) is 23.9. The Morgan fingerprint density at radius 1 is 0.941 bits per heavy atom. The van der Waals surface area contributed by atoms with Gasteiger partial charge in [0.25, 0.3) is 0 Å². The molecule has 3 aromatic rings. The maximum Gasteiger partial charge on any atom is 0.138 e. The molecule has 34 heavy (non-hydrogen) atoms. The van der Waals surface area contributed by atoms with Crippen molar-refractivity contribution in [2.75, 3.05) is 6.54 Å². The fourth-order valence-corrected chi connectivity index (χ4v) is 4.97. The van der Waals surface area contributed by atoms with E-state index in [0.717, 1.165) is 18.5 Å². The smallest absolute Gasteiger partial charge is 0.138 e. The van der Waals surface area contributed by atoms with Gasteiger partial charge in [0.2, 0.25) is 0 Å². The van der Waals surface area contributed by atoms with E-state index in [0.29, 0.717) is 12.2 Å². The summed E-state index contributed by atoms with van der Waals surface area (Å²) in [5.41, 5.74) is 7.29. The Balaban J connectivity index is 1.59. The van der Waals surface area contributed by atoms with Crippen LogP contribution in [0.25, 0.3) is 11.1 Å². The summed E-state index contributed by atoms with van der Waals surface area (Å²) >= 11 is 0. The molecule has 0 saturated heterocycles. The minimum absolute atomic E-state index is 0.0366. The monoisotopic (exact) mass is 447 g/mol. The molecule has 0 spiro atoms. The van der Waals surface area contributed by atoms with Crippen LogP contribution in [0.5, 0.6) is 0 Å². The summed E-state index contributed by atoms with van der Waals surface area (Å²) in [6.45, 7) is 7.10. The Hall–Kier alpha value is -3.41. The second-order valence-electron chi connectivity index (χ2n) is 9.33. The highest BCUT2D eigenvalue weighted by Crippen LogP contribution is 2.37. The van der Waals surface area contributed by atoms with Gasteiger partial charge < -0.3 is 5.32 Å². The summed E-state index contributed by atoms with van der Waals surface area (Å²) in [6, 6.07) is 33.3. The third kappa shape index (κ3) is 5.56. The van der Waals surface area contributed by atoms with Crippen molar-refractivity contribution in [3.05, 3.63) is 119 Å². The van der Waals surface area contributed by atoms with Gasteiger partial charge in [0.05, 0.1) is 0 Å². The molecule has 172 valence electrons. The van der Waals surface area contributed by atoms with E-state index in [1.54, 1.807) is 0 Å². The first kappa shape index (κ1) is 23.7. The zero-order valence-electron chi connectivity index (χ0n) is 20.3. The minimum atomic E-state index is -0.0382. The largest absolute Gasteiger partial charge is 0.307 e. The van der Waals surface area contributed by atoms with E-state index >= 15 is 0 Å². The van der Waals surface area contributed by atoms with Gasteiger partial charge in [-0.25, -0.2) is 0 Å². The molecule has 2 nitrogen and oxygen atoms in total. The van der Waals surface area contributed by atoms with Crippen molar-refractivity contribution in [2.45, 2.75) is 39.7 Å². The van der Waals surface area contributed by atoms with Crippen LogP contribution < -0.4 is 5.32 Å². The first-order valence-electron chi connectivity index (χ1n) is 12.2. The first-order valence-corrected chi connectivity index (χ1v) is 12.2. The van der Waals surface area contributed by atoms with E-state index in [1.165, 1.54) is 27.8 Å². The highest BCUT2D eigenvalue weighted by Gasteiger charge is 2.27. The summed E-state index contributed by atoms with van der Waals surface area (Å²) in [5, 5.41) is 3.71. The van der Waals surface area contributed by atoms with Crippen LogP contribution in [0.2, 0.25) is 0 Å². The standard InChI is InChI=1S/C32H33NO/c1-23(21-26-13-7-4-8-14-26)32(34)24(2)22-30-25(3)31(28-17-11-6-12-18-28)29(19-20-33-30)27-15-9-5-10-16-27/h4-7,9-13,15-19,23-24,30,33H,20-22H2,1-3H3. The highest BCUT2D eigenvalue weighted by atomic mass is 16.1. The molecular weight excluding hydrogens is 414 g/mol. The number of hydrogen-bond acceptors (Lipinski definition) is 2. The van der Waals surface area contributed by atoms with Crippen LogP contribution in [0.4, 0.5) is 0 Å². The molecule has 4 rings (SSSR count). The lowest BCUT2D eigenvalue weighted by atomic mass is 9.83. The summed E-state index contributed by atoms with van der Waals surface area (Å²) in [6.07, 6.45) is 3.78. The van der Waals surface area contributed by atoms with Crippen LogP contribution in [0, 0.1) is 24.0 Å². The molecule has 1 aliphatic heterocycles. The molecule has 1 N–H and O–H groups in total. The number of rotatable bonds is 8. The number of benzene rings is 2. The number of carbonyl (C=O) groups excluding carboxylic acids is 1. The van der Waals surface area contributed by atoms with E-state index in [1.807, 2.05) is 25.1 Å².